The van der Waals surface area contributed by atoms with Crippen molar-refractivity contribution in [2.75, 3.05) is 19.0 Å². The number of aromatic amines is 1. The largest absolute Gasteiger partial charge is 0.493 e. The van der Waals surface area contributed by atoms with E-state index in [1.807, 2.05) is 26.0 Å². The van der Waals surface area contributed by atoms with Crippen LogP contribution < -0.4 is 21.3 Å². The number of aromatic nitrogens is 2. The number of H-pyrrole nitrogens is 1. The monoisotopic (exact) mass is 465 g/mol. The van der Waals surface area contributed by atoms with E-state index < -0.39 is 11.7 Å². The van der Waals surface area contributed by atoms with Gasteiger partial charge in [-0.15, -0.1) is 0 Å². The molecular weight excluding hydrogens is 437 g/mol. The van der Waals surface area contributed by atoms with E-state index >= 15 is 0 Å². The number of ether oxygens (including phenoxy) is 1. The Labute approximate surface area is 196 Å². The topological polar surface area (TPSA) is 134 Å². The second kappa shape index (κ2) is 10.7. The standard InChI is InChI=1S/C25H28FN5O3/c1-4-6-19(27)21-22(29-3)25(33)31-24(30-21)17-12-14(8-10-20(17)34-5-2)11-15-7-9-16(23(28)32)18(26)13-15/h7-10,12-13,27,29H,4-6,11H2,1-3H3,(H2,28,32)(H,30,31,33). The first-order chi connectivity index (χ1) is 16.3. The highest BCUT2D eigenvalue weighted by molar-refractivity contribution is 6.01. The molecule has 3 rings (SSSR count). The second-order valence-corrected chi connectivity index (χ2v) is 7.74. The van der Waals surface area contributed by atoms with Gasteiger partial charge in [0.05, 0.1) is 23.4 Å². The van der Waals surface area contributed by atoms with E-state index in [0.717, 1.165) is 12.0 Å². The van der Waals surface area contributed by atoms with Gasteiger partial charge in [0.25, 0.3) is 11.5 Å². The Balaban J connectivity index is 2.08. The third kappa shape index (κ3) is 5.31. The van der Waals surface area contributed by atoms with Crippen molar-refractivity contribution in [2.45, 2.75) is 33.1 Å². The van der Waals surface area contributed by atoms with Crippen LogP contribution in [0.3, 0.4) is 0 Å². The van der Waals surface area contributed by atoms with Gasteiger partial charge in [-0.2, -0.15) is 0 Å². The number of hydrogen-bond acceptors (Lipinski definition) is 6. The van der Waals surface area contributed by atoms with Gasteiger partial charge >= 0.3 is 0 Å². The fraction of sp³-hybridized carbons (Fsp3) is 0.280. The van der Waals surface area contributed by atoms with Gasteiger partial charge in [0.2, 0.25) is 0 Å². The average Bonchev–Trinajstić information content (AvgIpc) is 2.79. The molecule has 0 radical (unpaired) electrons. The zero-order valence-corrected chi connectivity index (χ0v) is 19.4. The van der Waals surface area contributed by atoms with E-state index in [0.29, 0.717) is 42.0 Å². The lowest BCUT2D eigenvalue weighted by Crippen LogP contribution is -2.20. The maximum atomic E-state index is 14.2. The normalized spacial score (nSPS) is 10.7. The van der Waals surface area contributed by atoms with Crippen LogP contribution in [0.15, 0.2) is 41.2 Å². The van der Waals surface area contributed by atoms with Gasteiger partial charge in [0.15, 0.2) is 0 Å². The van der Waals surface area contributed by atoms with Gasteiger partial charge < -0.3 is 26.2 Å². The number of benzene rings is 2. The van der Waals surface area contributed by atoms with Crippen LogP contribution in [0.4, 0.5) is 10.1 Å². The number of carbonyl (C=O) groups excluding carboxylic acids is 1. The molecular formula is C25H28FN5O3. The van der Waals surface area contributed by atoms with Crippen molar-refractivity contribution in [1.82, 2.24) is 9.97 Å². The van der Waals surface area contributed by atoms with Crippen LogP contribution in [0, 0.1) is 11.2 Å². The van der Waals surface area contributed by atoms with Crippen LogP contribution in [-0.4, -0.2) is 35.2 Å². The molecule has 8 nitrogen and oxygen atoms in total. The molecule has 5 N–H and O–H groups in total. The summed E-state index contributed by atoms with van der Waals surface area (Å²) in [5, 5.41) is 11.2. The Morgan fingerprint density at radius 3 is 2.53 bits per heavy atom. The van der Waals surface area contributed by atoms with Gasteiger partial charge in [-0.3, -0.25) is 9.59 Å². The van der Waals surface area contributed by atoms with Crippen LogP contribution in [0.5, 0.6) is 5.75 Å². The molecule has 1 amide bonds. The lowest BCUT2D eigenvalue weighted by atomic mass is 10.00. The first-order valence-electron chi connectivity index (χ1n) is 11.0. The van der Waals surface area contributed by atoms with Crippen molar-refractivity contribution < 1.29 is 13.9 Å². The van der Waals surface area contributed by atoms with Crippen LogP contribution in [0.1, 0.15) is 53.9 Å². The minimum Gasteiger partial charge on any atom is -0.493 e. The van der Waals surface area contributed by atoms with Crippen LogP contribution in [0.25, 0.3) is 11.4 Å². The van der Waals surface area contributed by atoms with Crippen molar-refractivity contribution in [2.24, 2.45) is 5.73 Å². The highest BCUT2D eigenvalue weighted by Gasteiger charge is 2.18. The summed E-state index contributed by atoms with van der Waals surface area (Å²) in [6.07, 6.45) is 1.60. The number of carbonyl (C=O) groups is 1. The number of amides is 1. The molecule has 0 fully saturated rings. The molecule has 0 unspecified atom stereocenters. The summed E-state index contributed by atoms with van der Waals surface area (Å²) in [6.45, 7) is 4.21. The Kier molecular flexibility index (Phi) is 7.78. The van der Waals surface area contributed by atoms with E-state index in [9.17, 15) is 14.0 Å². The highest BCUT2D eigenvalue weighted by Crippen LogP contribution is 2.30. The number of hydrogen-bond donors (Lipinski definition) is 4. The summed E-state index contributed by atoms with van der Waals surface area (Å²) in [7, 11) is 1.61. The van der Waals surface area contributed by atoms with Crippen LogP contribution in [-0.2, 0) is 6.42 Å². The first-order valence-corrected chi connectivity index (χ1v) is 11.0. The first kappa shape index (κ1) is 24.6. The summed E-state index contributed by atoms with van der Waals surface area (Å²) in [5.41, 5.74) is 7.44. The molecule has 9 heteroatoms. The van der Waals surface area contributed by atoms with E-state index in [2.05, 4.69) is 15.3 Å². The second-order valence-electron chi connectivity index (χ2n) is 7.74. The summed E-state index contributed by atoms with van der Waals surface area (Å²) in [6, 6.07) is 9.71. The van der Waals surface area contributed by atoms with Gasteiger partial charge in [-0.1, -0.05) is 25.5 Å². The lowest BCUT2D eigenvalue weighted by molar-refractivity contribution is 0.0996. The molecule has 34 heavy (non-hydrogen) atoms. The number of nitrogens with one attached hydrogen (secondary N) is 3. The zero-order valence-electron chi connectivity index (χ0n) is 19.4. The molecule has 0 atom stereocenters. The minimum atomic E-state index is -0.822. The van der Waals surface area contributed by atoms with Gasteiger partial charge in [-0.25, -0.2) is 9.37 Å². The van der Waals surface area contributed by atoms with E-state index in [-0.39, 0.29) is 28.3 Å². The third-order valence-corrected chi connectivity index (χ3v) is 5.26. The quantitative estimate of drug-likeness (QED) is 0.337. The molecule has 178 valence electrons. The van der Waals surface area contributed by atoms with Crippen LogP contribution in [0.2, 0.25) is 0 Å². The predicted molar refractivity (Wildman–Crippen MR) is 130 cm³/mol. The summed E-state index contributed by atoms with van der Waals surface area (Å²) in [5.74, 6) is -0.698. The number of anilines is 1. The number of nitrogens with zero attached hydrogens (tertiary/aromatic N) is 1. The molecule has 0 saturated carbocycles. The summed E-state index contributed by atoms with van der Waals surface area (Å²) >= 11 is 0. The zero-order chi connectivity index (χ0) is 24.8. The van der Waals surface area contributed by atoms with E-state index in [1.165, 1.54) is 12.1 Å². The van der Waals surface area contributed by atoms with E-state index in [1.54, 1.807) is 19.2 Å². The third-order valence-electron chi connectivity index (χ3n) is 5.26. The molecule has 0 spiro atoms. The average molecular weight is 466 g/mol. The summed E-state index contributed by atoms with van der Waals surface area (Å²) in [4.78, 5) is 31.4. The Bertz CT molecular complexity index is 1290. The number of nitrogens with two attached hydrogens (primary N) is 1. The van der Waals surface area contributed by atoms with Gasteiger partial charge in [0, 0.05) is 7.05 Å². The Hall–Kier alpha value is -4.01. The SMILES string of the molecule is CCCC(=N)c1nc(-c2cc(Cc3ccc(C(N)=O)c(F)c3)ccc2OCC)[nH]c(=O)c1NC. The molecule has 0 aliphatic carbocycles. The van der Waals surface area contributed by atoms with Gasteiger partial charge in [0.1, 0.15) is 28.8 Å². The maximum Gasteiger partial charge on any atom is 0.275 e. The van der Waals surface area contributed by atoms with Crippen molar-refractivity contribution in [1.29, 1.82) is 5.41 Å². The molecule has 1 aromatic heterocycles. The highest BCUT2D eigenvalue weighted by atomic mass is 19.1. The predicted octanol–water partition coefficient (Wildman–Crippen LogP) is 3.87. The van der Waals surface area contributed by atoms with Gasteiger partial charge in [-0.05, 0) is 55.2 Å². The molecule has 1 heterocycles. The minimum absolute atomic E-state index is 0.162. The van der Waals surface area contributed by atoms with Crippen molar-refractivity contribution in [3.8, 4) is 17.1 Å². The fourth-order valence-corrected chi connectivity index (χ4v) is 3.68. The number of rotatable bonds is 10. The molecule has 0 aliphatic heterocycles. The van der Waals surface area contributed by atoms with Crippen molar-refractivity contribution >= 4 is 17.3 Å². The van der Waals surface area contributed by atoms with Crippen LogP contribution >= 0.6 is 0 Å². The molecule has 0 bridgehead atoms. The molecule has 3 aromatic rings. The molecule has 0 saturated heterocycles. The Morgan fingerprint density at radius 2 is 1.91 bits per heavy atom. The summed E-state index contributed by atoms with van der Waals surface area (Å²) < 4.78 is 20.0. The Morgan fingerprint density at radius 1 is 1.21 bits per heavy atom. The number of halogens is 1. The maximum absolute atomic E-state index is 14.2. The molecule has 2 aromatic carbocycles. The molecule has 0 aliphatic rings. The van der Waals surface area contributed by atoms with Crippen molar-refractivity contribution in [3.05, 3.63) is 75.0 Å². The lowest BCUT2D eigenvalue weighted by Gasteiger charge is -2.15. The van der Waals surface area contributed by atoms with Crippen molar-refractivity contribution in [3.63, 3.8) is 0 Å². The fourth-order valence-electron chi connectivity index (χ4n) is 3.68. The number of primary amides is 1. The van der Waals surface area contributed by atoms with E-state index in [4.69, 9.17) is 15.9 Å². The smallest absolute Gasteiger partial charge is 0.275 e.